The number of rotatable bonds is 57. The molecule has 0 aromatic heterocycles. The van der Waals surface area contributed by atoms with Gasteiger partial charge in [0.1, 0.15) is 73.1 Å². The molecule has 6 saturated heterocycles. The molecule has 39 nitrogen and oxygen atoms in total. The molecule has 1 aliphatic carbocycles. The Morgan fingerprint density at radius 3 is 0.969 bits per heavy atom. The molecule has 6 aliphatic heterocycles. The molecule has 0 aromatic carbocycles. The first-order chi connectivity index (χ1) is 60.9. The van der Waals surface area contributed by atoms with Crippen molar-refractivity contribution < 1.29 is 167 Å². The third kappa shape index (κ3) is 36.0. The number of hydrogen-bond donors (Lipinski definition) is 18. The molecular weight excluding hydrogens is 1680 g/mol. The van der Waals surface area contributed by atoms with Crippen molar-refractivity contribution in [3.05, 3.63) is 0 Å². The van der Waals surface area contributed by atoms with E-state index in [0.717, 1.165) is 19.3 Å². The topological polar surface area (TPSA) is 574 Å². The summed E-state index contributed by atoms with van der Waals surface area (Å²) in [4.78, 5) is 150. The largest absolute Gasteiger partial charge is 1.00 e. The summed E-state index contributed by atoms with van der Waals surface area (Å²) >= 11 is 0. The summed E-state index contributed by atoms with van der Waals surface area (Å²) < 4.78 is 34.2. The first-order valence-corrected chi connectivity index (χ1v) is 46.8. The fraction of sp³-hybridized carbons (Fsp3) is 0.875. The predicted molar refractivity (Wildman–Crippen MR) is 457 cm³/mol. The van der Waals surface area contributed by atoms with Gasteiger partial charge in [0.25, 0.3) is 0 Å². The first kappa shape index (κ1) is 111. The van der Waals surface area contributed by atoms with Gasteiger partial charge in [-0.25, -0.2) is 0 Å². The van der Waals surface area contributed by atoms with Gasteiger partial charge < -0.3 is 142 Å². The number of nitrogens with zero attached hydrogens (tertiary/aromatic N) is 3. The van der Waals surface area contributed by atoms with Crippen LogP contribution in [0.2, 0.25) is 0 Å². The Morgan fingerprint density at radius 2 is 0.672 bits per heavy atom. The Labute approximate surface area is 775 Å². The van der Waals surface area contributed by atoms with Gasteiger partial charge in [-0.05, 0) is 176 Å². The summed E-state index contributed by atoms with van der Waals surface area (Å²) in [6.07, 6.45) is 2.69. The van der Waals surface area contributed by atoms with Crippen LogP contribution in [0.5, 0.6) is 0 Å². The normalized spacial score (nSPS) is 26.4. The molecule has 0 aromatic rings. The number of nitrogens with one attached hydrogen (secondary N) is 8. The quantitative estimate of drug-likeness (QED) is 0.0201. The van der Waals surface area contributed by atoms with Crippen LogP contribution in [0.15, 0.2) is 0 Å². The van der Waals surface area contributed by atoms with E-state index in [4.69, 9.17) is 28.4 Å². The Morgan fingerprint density at radius 1 is 0.383 bits per heavy atom. The molecule has 11 amide bonds. The number of likely N-dealkylation sites (tertiary alicyclic amines) is 3. The van der Waals surface area contributed by atoms with Crippen LogP contribution < -0.4 is 77.2 Å². The maximum absolute atomic E-state index is 14.2. The first-order valence-electron chi connectivity index (χ1n) is 46.8. The molecule has 7 aliphatic rings. The molecule has 40 heteroatoms. The van der Waals surface area contributed by atoms with Crippen LogP contribution in [0.1, 0.15) is 245 Å². The SMILES string of the molecule is CC(=O)NC1C(OCCCCC(=O)NCCCCCC(=O)NCC(CCC(=O)NCCCCCC(=O)N2CCC3(CC2)CC(C[O-])(CO)C3)(C2CCN(C(=O)CCCCCNC(=O)CCCCOC3OC(CO)C(O)C(O)C3NC(C)=O)CC2)C2CCN(C(=O)CCCCCNC(=O)CCCCOC3OC(CO)C(O)C(O)C3NC(C)=O)CC2)OC(CO)C(O)C1O.[Na+]. The maximum Gasteiger partial charge on any atom is 1.00 e. The molecule has 0 radical (unpaired) electrons. The van der Waals surface area contributed by atoms with Crippen molar-refractivity contribution in [3.8, 4) is 0 Å². The van der Waals surface area contributed by atoms with Crippen LogP contribution in [0.25, 0.3) is 0 Å². The number of carbonyl (C=O) groups is 11. The van der Waals surface area contributed by atoms with Crippen LogP contribution in [0.4, 0.5) is 0 Å². The van der Waals surface area contributed by atoms with Crippen molar-refractivity contribution >= 4 is 65.0 Å². The van der Waals surface area contributed by atoms with Gasteiger partial charge in [0.2, 0.25) is 65.0 Å². The Kier molecular flexibility index (Phi) is 50.9. The van der Waals surface area contributed by atoms with Gasteiger partial charge in [-0.3, -0.25) is 52.7 Å². The van der Waals surface area contributed by atoms with E-state index in [-0.39, 0.29) is 166 Å². The Hall–Kier alpha value is -5.51. The number of ether oxygens (including phenoxy) is 6. The molecule has 18 N–H and O–H groups in total. The molecule has 15 unspecified atom stereocenters. The van der Waals surface area contributed by atoms with Crippen LogP contribution in [0, 0.1) is 28.1 Å². The molecule has 728 valence electrons. The maximum atomic E-state index is 14.2. The second-order valence-electron chi connectivity index (χ2n) is 36.3. The van der Waals surface area contributed by atoms with Crippen molar-refractivity contribution in [1.29, 1.82) is 0 Å². The zero-order valence-corrected chi connectivity index (χ0v) is 78.2. The van der Waals surface area contributed by atoms with Gasteiger partial charge in [-0.1, -0.05) is 25.7 Å². The molecule has 6 heterocycles. The van der Waals surface area contributed by atoms with Gasteiger partial charge in [-0.15, -0.1) is 6.61 Å². The van der Waals surface area contributed by atoms with E-state index in [1.165, 1.54) is 20.8 Å². The van der Waals surface area contributed by atoms with E-state index in [1.807, 2.05) is 14.7 Å². The third-order valence-electron chi connectivity index (χ3n) is 26.6. The van der Waals surface area contributed by atoms with E-state index in [9.17, 15) is 109 Å². The molecule has 1 saturated carbocycles. The zero-order chi connectivity index (χ0) is 92.5. The van der Waals surface area contributed by atoms with Gasteiger partial charge in [0, 0.05) is 171 Å². The summed E-state index contributed by atoms with van der Waals surface area (Å²) in [5, 5.41) is 136. The van der Waals surface area contributed by atoms with Crippen LogP contribution in [0.3, 0.4) is 0 Å². The number of amides is 11. The van der Waals surface area contributed by atoms with Crippen LogP contribution in [-0.4, -0.2) is 348 Å². The van der Waals surface area contributed by atoms with Gasteiger partial charge >= 0.3 is 29.6 Å². The number of carbonyl (C=O) groups excluding carboxylic acids is 11. The summed E-state index contributed by atoms with van der Waals surface area (Å²) in [6.45, 7) is 6.88. The average Bonchev–Trinajstić information content (AvgIpc) is 0.753. The number of unbranched alkanes of at least 4 members (excludes halogenated alkanes) is 11. The molecule has 7 rings (SSSR count). The molecule has 7 fully saturated rings. The fourth-order valence-corrected chi connectivity index (χ4v) is 19.3. The summed E-state index contributed by atoms with van der Waals surface area (Å²) in [5.74, 6) is -2.23. The molecule has 1 spiro atoms. The number of piperidine rings is 3. The summed E-state index contributed by atoms with van der Waals surface area (Å²) in [6, 6.07) is -3.23. The van der Waals surface area contributed by atoms with Crippen molar-refractivity contribution in [2.24, 2.45) is 28.1 Å². The van der Waals surface area contributed by atoms with E-state index in [1.54, 1.807) is 0 Å². The minimum absolute atomic E-state index is 0. The second kappa shape index (κ2) is 58.6. The van der Waals surface area contributed by atoms with Crippen LogP contribution in [-0.2, 0) is 81.2 Å². The summed E-state index contributed by atoms with van der Waals surface area (Å²) in [5.41, 5.74) is -1.15. The second-order valence-corrected chi connectivity index (χ2v) is 36.3. The summed E-state index contributed by atoms with van der Waals surface area (Å²) in [7, 11) is 0. The third-order valence-corrected chi connectivity index (χ3v) is 26.6. The Bertz CT molecular complexity index is 3230. The number of hydrogen-bond acceptors (Lipinski definition) is 28. The molecule has 128 heavy (non-hydrogen) atoms. The smallest absolute Gasteiger partial charge is 0.854 e. The number of aliphatic hydroxyl groups excluding tert-OH is 10. The molecule has 0 bridgehead atoms. The van der Waals surface area contributed by atoms with Gasteiger partial charge in [0.05, 0.1) is 19.8 Å². The predicted octanol–water partition coefficient (Wildman–Crippen LogP) is -4.81. The van der Waals surface area contributed by atoms with E-state index in [2.05, 4.69) is 42.5 Å². The van der Waals surface area contributed by atoms with Gasteiger partial charge in [-0.2, -0.15) is 0 Å². The standard InChI is InChI=1S/C88H152N11O28.Na/c1-58(105)94-74-80(119)77(116)63(50-100)125-83(74)122-47-19-12-23-66(108)89-37-15-4-8-22-69(111)93-55-88(34-29-70(112)92-40-18-7-11-28-73(115)99-45-35-86(36-46-99)53-87(54-86,56-103)57-104,61-30-41-97(42-31-61)71(113)26-9-5-16-38-90-67(109)24-13-20-48-123-84-75(95-59(2)106)81(120)78(117)64(51-101)126-84)62-32-43-98(44-33-62)72(114)27-10-6-17-39-91-68(110)25-14-21-49-124-85-76(96-60(3)107)82(121)79(118)65(52-102)127-85;/h61-65,74-85,100-103,116-121H,4-57H2,1-3H3,(H,89,108)(H,90,109)(H,91,110)(H,92,112)(H,93,111)(H,94,105)(H,95,106)(H,96,107);/q-1;+1. The minimum atomic E-state index is -1.45. The van der Waals surface area contributed by atoms with E-state index >= 15 is 0 Å². The van der Waals surface area contributed by atoms with Crippen LogP contribution >= 0.6 is 0 Å². The zero-order valence-electron chi connectivity index (χ0n) is 76.2. The van der Waals surface area contributed by atoms with Crippen molar-refractivity contribution in [3.63, 3.8) is 0 Å². The van der Waals surface area contributed by atoms with E-state index in [0.29, 0.717) is 239 Å². The minimum Gasteiger partial charge on any atom is -0.854 e. The van der Waals surface area contributed by atoms with Gasteiger partial charge in [0.15, 0.2) is 18.9 Å². The van der Waals surface area contributed by atoms with E-state index < -0.39 is 140 Å². The van der Waals surface area contributed by atoms with Crippen molar-refractivity contribution in [2.75, 3.05) is 125 Å². The average molecular weight is 1840 g/mol. The van der Waals surface area contributed by atoms with Crippen molar-refractivity contribution in [1.82, 2.24) is 57.2 Å². The van der Waals surface area contributed by atoms with Crippen molar-refractivity contribution in [2.45, 2.75) is 337 Å². The Balaban J connectivity index is 0.0000253. The molecule has 15 atom stereocenters. The molecular formula is C88H152N11NaO28. The number of aliphatic hydroxyl groups is 10. The monoisotopic (exact) mass is 1830 g/mol. The fourth-order valence-electron chi connectivity index (χ4n) is 19.3.